The summed E-state index contributed by atoms with van der Waals surface area (Å²) in [6, 6.07) is 13.8. The molecule has 3 nitrogen and oxygen atoms in total. The van der Waals surface area contributed by atoms with Crippen LogP contribution in [0.2, 0.25) is 0 Å². The summed E-state index contributed by atoms with van der Waals surface area (Å²) in [6.07, 6.45) is -0.361. The van der Waals surface area contributed by atoms with Crippen LogP contribution in [0.25, 0.3) is 11.1 Å². The second-order valence-electron chi connectivity index (χ2n) is 6.83. The highest BCUT2D eigenvalue weighted by molar-refractivity contribution is 5.94. The van der Waals surface area contributed by atoms with Gasteiger partial charge in [-0.2, -0.15) is 0 Å². The van der Waals surface area contributed by atoms with E-state index in [2.05, 4.69) is 5.32 Å². The smallest absolute Gasteiger partial charge is 0.251 e. The van der Waals surface area contributed by atoms with E-state index in [0.29, 0.717) is 5.56 Å². The second-order valence-corrected chi connectivity index (χ2v) is 6.83. The number of amides is 1. The lowest BCUT2D eigenvalue weighted by atomic mass is 9.67. The summed E-state index contributed by atoms with van der Waals surface area (Å²) in [6.45, 7) is 2.01. The van der Waals surface area contributed by atoms with Gasteiger partial charge in [0.1, 0.15) is 5.75 Å². The first-order valence-corrected chi connectivity index (χ1v) is 7.82. The fraction of sp³-hybridized carbons (Fsp3) is 0.316. The molecule has 0 unspecified atom stereocenters. The molecule has 0 saturated heterocycles. The molecule has 24 heavy (non-hydrogen) atoms. The lowest BCUT2D eigenvalue weighted by Crippen LogP contribution is -2.50. The van der Waals surface area contributed by atoms with Gasteiger partial charge in [-0.25, -0.2) is 8.78 Å². The van der Waals surface area contributed by atoms with Crippen LogP contribution in [0.1, 0.15) is 30.1 Å². The van der Waals surface area contributed by atoms with Crippen molar-refractivity contribution in [2.45, 2.75) is 25.7 Å². The van der Waals surface area contributed by atoms with Gasteiger partial charge >= 0.3 is 0 Å². The van der Waals surface area contributed by atoms with E-state index in [1.165, 1.54) is 0 Å². The summed E-state index contributed by atoms with van der Waals surface area (Å²) < 4.78 is 26.0. The molecule has 2 N–H and O–H groups in total. The predicted molar refractivity (Wildman–Crippen MR) is 88.2 cm³/mol. The predicted octanol–water partition coefficient (Wildman–Crippen LogP) is 4.22. The molecule has 1 aliphatic rings. The van der Waals surface area contributed by atoms with E-state index >= 15 is 0 Å². The topological polar surface area (TPSA) is 49.3 Å². The zero-order chi connectivity index (χ0) is 17.4. The molecule has 126 valence electrons. The Morgan fingerprint density at radius 2 is 1.54 bits per heavy atom. The van der Waals surface area contributed by atoms with Crippen molar-refractivity contribution in [3.05, 3.63) is 54.1 Å². The monoisotopic (exact) mass is 331 g/mol. The Balaban J connectivity index is 1.61. The van der Waals surface area contributed by atoms with Crippen molar-refractivity contribution >= 4 is 5.91 Å². The first-order valence-electron chi connectivity index (χ1n) is 7.82. The maximum atomic E-state index is 13.0. The van der Waals surface area contributed by atoms with E-state index in [1.807, 2.05) is 12.1 Å². The minimum Gasteiger partial charge on any atom is -0.508 e. The number of rotatable bonds is 4. The number of hydrogen-bond donors (Lipinski definition) is 2. The van der Waals surface area contributed by atoms with Crippen molar-refractivity contribution in [3.8, 4) is 16.9 Å². The largest absolute Gasteiger partial charge is 0.508 e. The van der Waals surface area contributed by atoms with Crippen LogP contribution in [0, 0.1) is 5.41 Å². The van der Waals surface area contributed by atoms with Gasteiger partial charge in [-0.1, -0.05) is 31.2 Å². The summed E-state index contributed by atoms with van der Waals surface area (Å²) in [5, 5.41) is 12.0. The number of alkyl halides is 2. The van der Waals surface area contributed by atoms with E-state index in [4.69, 9.17) is 0 Å². The Labute approximate surface area is 139 Å². The Kier molecular flexibility index (Phi) is 4.03. The summed E-state index contributed by atoms with van der Waals surface area (Å²) in [7, 11) is 0. The minimum absolute atomic E-state index is 0.180. The minimum atomic E-state index is -2.59. The third-order valence-corrected chi connectivity index (χ3v) is 4.39. The molecule has 1 fully saturated rings. The van der Waals surface area contributed by atoms with E-state index < -0.39 is 11.3 Å². The number of nitrogens with one attached hydrogen (secondary N) is 1. The van der Waals surface area contributed by atoms with Crippen LogP contribution < -0.4 is 5.32 Å². The van der Waals surface area contributed by atoms with Gasteiger partial charge in [-0.15, -0.1) is 0 Å². The number of carbonyl (C=O) groups is 1. The second kappa shape index (κ2) is 5.89. The lowest BCUT2D eigenvalue weighted by molar-refractivity contribution is -0.151. The van der Waals surface area contributed by atoms with Gasteiger partial charge in [0, 0.05) is 24.9 Å². The van der Waals surface area contributed by atoms with Crippen molar-refractivity contribution in [2.24, 2.45) is 5.41 Å². The van der Waals surface area contributed by atoms with Crippen molar-refractivity contribution < 1.29 is 18.7 Å². The van der Waals surface area contributed by atoms with E-state index in [-0.39, 0.29) is 31.0 Å². The zero-order valence-corrected chi connectivity index (χ0v) is 13.4. The highest BCUT2D eigenvalue weighted by atomic mass is 19.3. The molecule has 1 amide bonds. The van der Waals surface area contributed by atoms with Crippen LogP contribution >= 0.6 is 0 Å². The number of benzene rings is 2. The molecule has 2 aromatic carbocycles. The molecular formula is C19H19F2NO2. The van der Waals surface area contributed by atoms with E-state index in [9.17, 15) is 18.7 Å². The molecule has 0 atom stereocenters. The van der Waals surface area contributed by atoms with E-state index in [0.717, 1.165) is 11.1 Å². The molecule has 0 aliphatic heterocycles. The van der Waals surface area contributed by atoms with Crippen molar-refractivity contribution in [2.75, 3.05) is 6.54 Å². The summed E-state index contributed by atoms with van der Waals surface area (Å²) in [4.78, 5) is 12.2. The zero-order valence-electron chi connectivity index (χ0n) is 13.4. The number of hydrogen-bond acceptors (Lipinski definition) is 2. The van der Waals surface area contributed by atoms with Gasteiger partial charge in [-0.05, 0) is 40.8 Å². The molecule has 3 rings (SSSR count). The lowest BCUT2D eigenvalue weighted by Gasteiger charge is -2.44. The Morgan fingerprint density at radius 3 is 2.04 bits per heavy atom. The third kappa shape index (κ3) is 3.55. The van der Waals surface area contributed by atoms with Gasteiger partial charge in [0.15, 0.2) is 0 Å². The molecule has 5 heteroatoms. The molecule has 2 aromatic rings. The van der Waals surface area contributed by atoms with Gasteiger partial charge in [0.05, 0.1) is 0 Å². The fourth-order valence-electron chi connectivity index (χ4n) is 3.19. The first-order chi connectivity index (χ1) is 11.3. The van der Waals surface area contributed by atoms with Gasteiger partial charge < -0.3 is 10.4 Å². The summed E-state index contributed by atoms with van der Waals surface area (Å²) in [5.41, 5.74) is 1.83. The molecule has 0 radical (unpaired) electrons. The van der Waals surface area contributed by atoms with Crippen LogP contribution in [-0.4, -0.2) is 23.5 Å². The third-order valence-electron chi connectivity index (χ3n) is 4.39. The highest BCUT2D eigenvalue weighted by Gasteiger charge is 2.53. The number of aromatic hydroxyl groups is 1. The highest BCUT2D eigenvalue weighted by Crippen LogP contribution is 2.51. The number of phenolic OH excluding ortho intramolecular Hbond substituents is 1. The van der Waals surface area contributed by atoms with Gasteiger partial charge in [-0.3, -0.25) is 4.79 Å². The summed E-state index contributed by atoms with van der Waals surface area (Å²) in [5.74, 6) is -2.65. The van der Waals surface area contributed by atoms with Crippen LogP contribution in [0.4, 0.5) is 8.78 Å². The van der Waals surface area contributed by atoms with Crippen LogP contribution in [0.5, 0.6) is 5.75 Å². The Bertz CT molecular complexity index is 731. The van der Waals surface area contributed by atoms with Gasteiger partial charge in [0.2, 0.25) is 5.92 Å². The SMILES string of the molecule is CC1(CNC(=O)c2ccc(-c3ccc(O)cc3)cc2)CC(F)(F)C1. The average Bonchev–Trinajstić information content (AvgIpc) is 2.52. The number of halogens is 2. The van der Waals surface area contributed by atoms with E-state index in [1.54, 1.807) is 43.3 Å². The van der Waals surface area contributed by atoms with Crippen molar-refractivity contribution in [1.29, 1.82) is 0 Å². The molecule has 0 heterocycles. The first kappa shape index (κ1) is 16.4. The molecular weight excluding hydrogens is 312 g/mol. The molecule has 0 aromatic heterocycles. The van der Waals surface area contributed by atoms with Crippen molar-refractivity contribution in [1.82, 2.24) is 5.32 Å². The average molecular weight is 331 g/mol. The molecule has 0 bridgehead atoms. The molecule has 1 saturated carbocycles. The molecule has 1 aliphatic carbocycles. The normalized spacial score (nSPS) is 17.8. The number of phenols is 1. The maximum Gasteiger partial charge on any atom is 0.251 e. The van der Waals surface area contributed by atoms with Crippen LogP contribution in [0.15, 0.2) is 48.5 Å². The standard InChI is InChI=1S/C19H19F2NO2/c1-18(10-19(20,21)11-18)12-22-17(24)15-4-2-13(3-5-15)14-6-8-16(23)9-7-14/h2-9,23H,10-12H2,1H3,(H,22,24). The molecule has 0 spiro atoms. The summed E-state index contributed by atoms with van der Waals surface area (Å²) >= 11 is 0. The number of carbonyl (C=O) groups excluding carboxylic acids is 1. The van der Waals surface area contributed by atoms with Crippen molar-refractivity contribution in [3.63, 3.8) is 0 Å². The Morgan fingerprint density at radius 1 is 1.04 bits per heavy atom. The Hall–Kier alpha value is -2.43. The van der Waals surface area contributed by atoms with Crippen LogP contribution in [0.3, 0.4) is 0 Å². The van der Waals surface area contributed by atoms with Gasteiger partial charge in [0.25, 0.3) is 5.91 Å². The quantitative estimate of drug-likeness (QED) is 0.881. The fourth-order valence-corrected chi connectivity index (χ4v) is 3.19. The maximum absolute atomic E-state index is 13.0. The van der Waals surface area contributed by atoms with Crippen LogP contribution in [-0.2, 0) is 0 Å².